The summed E-state index contributed by atoms with van der Waals surface area (Å²) in [4.78, 5) is 41.8. The molecule has 1 saturated heterocycles. The number of hydrogen-bond acceptors (Lipinski definition) is 4. The van der Waals surface area contributed by atoms with E-state index in [0.717, 1.165) is 41.1 Å². The van der Waals surface area contributed by atoms with Crippen LogP contribution in [0.25, 0.3) is 6.08 Å². The van der Waals surface area contributed by atoms with Crippen LogP contribution in [0.5, 0.6) is 0 Å². The average Bonchev–Trinajstić information content (AvgIpc) is 2.79. The molecular weight excluding hydrogens is 445 g/mol. The fourth-order valence-corrected chi connectivity index (χ4v) is 5.34. The van der Waals surface area contributed by atoms with Gasteiger partial charge in [0.15, 0.2) is 0 Å². The summed E-state index contributed by atoms with van der Waals surface area (Å²) in [6.07, 6.45) is 3.69. The van der Waals surface area contributed by atoms with Crippen LogP contribution in [0.4, 0.5) is 20.6 Å². The minimum atomic E-state index is -0.829. The first-order valence-corrected chi connectivity index (χ1v) is 12.2. The second-order valence-corrected chi connectivity index (χ2v) is 9.94. The maximum Gasteiger partial charge on any atom is 0.335 e. The number of para-hydroxylation sites is 1. The van der Waals surface area contributed by atoms with E-state index in [1.807, 2.05) is 19.1 Å². The van der Waals surface area contributed by atoms with E-state index in [1.54, 1.807) is 18.2 Å². The molecule has 2 aliphatic heterocycles. The number of carbonyl (C=O) groups is 3. The first-order valence-electron chi connectivity index (χ1n) is 12.2. The van der Waals surface area contributed by atoms with Crippen molar-refractivity contribution in [2.24, 2.45) is 0 Å². The number of anilines is 2. The maximum absolute atomic E-state index is 15.4. The molecule has 2 aromatic carbocycles. The molecular formula is C28H32FN3O3. The lowest BCUT2D eigenvalue weighted by molar-refractivity contribution is -0.122. The number of aryl methyl sites for hydroxylation is 1. The SMILES string of the molecule is CCCN1c2cc(F)c(/C=C3/C(=O)NC(=O)N(c4ccccc4CC)C3=O)cc2C(C)CC1(C)C. The molecule has 1 unspecified atom stereocenters. The minimum absolute atomic E-state index is 0.110. The normalized spacial score (nSPS) is 20.8. The summed E-state index contributed by atoms with van der Waals surface area (Å²) in [6.45, 7) is 11.3. The second kappa shape index (κ2) is 9.29. The molecule has 0 spiro atoms. The Kier molecular flexibility index (Phi) is 6.54. The maximum atomic E-state index is 15.4. The highest BCUT2D eigenvalue weighted by Gasteiger charge is 2.39. The zero-order valence-corrected chi connectivity index (χ0v) is 20.9. The lowest BCUT2D eigenvalue weighted by atomic mass is 9.79. The van der Waals surface area contributed by atoms with Crippen LogP contribution < -0.4 is 15.1 Å². The average molecular weight is 478 g/mol. The summed E-state index contributed by atoms with van der Waals surface area (Å²) < 4.78 is 15.4. The molecule has 7 heteroatoms. The molecule has 0 bridgehead atoms. The van der Waals surface area contributed by atoms with Crippen LogP contribution in [-0.2, 0) is 16.0 Å². The van der Waals surface area contributed by atoms with Crippen molar-refractivity contribution in [1.29, 1.82) is 0 Å². The predicted octanol–water partition coefficient (Wildman–Crippen LogP) is 5.56. The zero-order valence-electron chi connectivity index (χ0n) is 20.9. The summed E-state index contributed by atoms with van der Waals surface area (Å²) >= 11 is 0. The third kappa shape index (κ3) is 4.35. The van der Waals surface area contributed by atoms with Gasteiger partial charge < -0.3 is 4.90 Å². The minimum Gasteiger partial charge on any atom is -0.366 e. The number of rotatable bonds is 5. The van der Waals surface area contributed by atoms with Crippen LogP contribution in [-0.4, -0.2) is 29.9 Å². The van der Waals surface area contributed by atoms with Crippen molar-refractivity contribution in [1.82, 2.24) is 5.32 Å². The first-order chi connectivity index (χ1) is 16.6. The summed E-state index contributed by atoms with van der Waals surface area (Å²) in [5, 5.41) is 2.23. The molecule has 4 amide bonds. The Balaban J connectivity index is 1.79. The molecule has 1 N–H and O–H groups in total. The van der Waals surface area contributed by atoms with Gasteiger partial charge in [-0.1, -0.05) is 39.0 Å². The Morgan fingerprint density at radius 3 is 2.51 bits per heavy atom. The molecule has 2 aliphatic rings. The number of nitrogens with one attached hydrogen (secondary N) is 1. The molecule has 6 nitrogen and oxygen atoms in total. The Labute approximate surface area is 205 Å². The highest BCUT2D eigenvalue weighted by Crippen LogP contribution is 2.44. The molecule has 35 heavy (non-hydrogen) atoms. The number of halogens is 1. The van der Waals surface area contributed by atoms with Crippen molar-refractivity contribution in [3.05, 3.63) is 64.5 Å². The molecule has 1 atom stereocenters. The van der Waals surface area contributed by atoms with Crippen molar-refractivity contribution in [2.75, 3.05) is 16.3 Å². The van der Waals surface area contributed by atoms with Gasteiger partial charge in [0.2, 0.25) is 0 Å². The second-order valence-electron chi connectivity index (χ2n) is 9.94. The van der Waals surface area contributed by atoms with Crippen LogP contribution >= 0.6 is 0 Å². The number of nitrogens with zero attached hydrogens (tertiary/aromatic N) is 2. The molecule has 4 rings (SSSR count). The van der Waals surface area contributed by atoms with E-state index < -0.39 is 23.7 Å². The predicted molar refractivity (Wildman–Crippen MR) is 136 cm³/mol. The number of barbiturate groups is 1. The van der Waals surface area contributed by atoms with Gasteiger partial charge in [0.25, 0.3) is 11.8 Å². The largest absolute Gasteiger partial charge is 0.366 e. The quantitative estimate of drug-likeness (QED) is 0.452. The van der Waals surface area contributed by atoms with Gasteiger partial charge in [0.1, 0.15) is 11.4 Å². The number of fused-ring (bicyclic) bond motifs is 1. The molecule has 0 aromatic heterocycles. The van der Waals surface area contributed by atoms with Gasteiger partial charge in [-0.05, 0) is 74.4 Å². The molecule has 2 heterocycles. The van der Waals surface area contributed by atoms with Crippen molar-refractivity contribution in [2.45, 2.75) is 65.3 Å². The van der Waals surface area contributed by atoms with Gasteiger partial charge in [-0.3, -0.25) is 14.9 Å². The van der Waals surface area contributed by atoms with Gasteiger partial charge in [0, 0.05) is 23.3 Å². The van der Waals surface area contributed by atoms with E-state index in [1.165, 1.54) is 12.1 Å². The van der Waals surface area contributed by atoms with E-state index in [-0.39, 0.29) is 22.6 Å². The lowest BCUT2D eigenvalue weighted by Gasteiger charge is -2.47. The fourth-order valence-electron chi connectivity index (χ4n) is 5.34. The van der Waals surface area contributed by atoms with Crippen LogP contribution in [0.3, 0.4) is 0 Å². The third-order valence-electron chi connectivity index (χ3n) is 6.97. The molecule has 184 valence electrons. The highest BCUT2D eigenvalue weighted by molar-refractivity contribution is 6.39. The Morgan fingerprint density at radius 2 is 1.83 bits per heavy atom. The summed E-state index contributed by atoms with van der Waals surface area (Å²) in [7, 11) is 0. The van der Waals surface area contributed by atoms with E-state index >= 15 is 4.39 Å². The van der Waals surface area contributed by atoms with Gasteiger partial charge in [-0.25, -0.2) is 14.1 Å². The Morgan fingerprint density at radius 1 is 1.11 bits per heavy atom. The van der Waals surface area contributed by atoms with Gasteiger partial charge in [-0.15, -0.1) is 0 Å². The number of hydrogen-bond donors (Lipinski definition) is 1. The third-order valence-corrected chi connectivity index (χ3v) is 6.97. The van der Waals surface area contributed by atoms with E-state index in [9.17, 15) is 14.4 Å². The van der Waals surface area contributed by atoms with Gasteiger partial charge in [0.05, 0.1) is 5.69 Å². The van der Waals surface area contributed by atoms with Crippen LogP contribution in [0, 0.1) is 5.82 Å². The van der Waals surface area contributed by atoms with Crippen molar-refractivity contribution in [3.8, 4) is 0 Å². The van der Waals surface area contributed by atoms with Crippen molar-refractivity contribution in [3.63, 3.8) is 0 Å². The van der Waals surface area contributed by atoms with Crippen molar-refractivity contribution < 1.29 is 18.8 Å². The topological polar surface area (TPSA) is 69.7 Å². The monoisotopic (exact) mass is 477 g/mol. The summed E-state index contributed by atoms with van der Waals surface area (Å²) in [6, 6.07) is 9.47. The van der Waals surface area contributed by atoms with E-state index in [4.69, 9.17) is 0 Å². The standard InChI is InChI=1S/C28H32FN3O3/c1-6-12-31-24-15-22(29)19(13-20(24)17(3)16-28(31,4)5)14-21-25(33)30-27(35)32(26(21)34)23-11-9-8-10-18(23)7-2/h8-11,13-15,17H,6-7,12,16H2,1-5H3,(H,30,33,35)/b21-14-. The van der Waals surface area contributed by atoms with Gasteiger partial charge in [-0.2, -0.15) is 0 Å². The summed E-state index contributed by atoms with van der Waals surface area (Å²) in [5.74, 6) is -1.93. The fraction of sp³-hybridized carbons (Fsp3) is 0.393. The molecule has 0 aliphatic carbocycles. The van der Waals surface area contributed by atoms with E-state index in [2.05, 4.69) is 37.9 Å². The Bertz CT molecular complexity index is 1230. The van der Waals surface area contributed by atoms with Crippen LogP contribution in [0.1, 0.15) is 70.1 Å². The van der Waals surface area contributed by atoms with Crippen LogP contribution in [0.2, 0.25) is 0 Å². The van der Waals surface area contributed by atoms with Crippen molar-refractivity contribution >= 4 is 35.3 Å². The molecule has 2 aromatic rings. The number of amides is 4. The number of benzene rings is 2. The van der Waals surface area contributed by atoms with E-state index in [0.29, 0.717) is 12.1 Å². The highest BCUT2D eigenvalue weighted by atomic mass is 19.1. The molecule has 0 saturated carbocycles. The number of carbonyl (C=O) groups excluding carboxylic acids is 3. The van der Waals surface area contributed by atoms with Crippen LogP contribution in [0.15, 0.2) is 42.0 Å². The smallest absolute Gasteiger partial charge is 0.335 e. The molecule has 0 radical (unpaired) electrons. The zero-order chi connectivity index (χ0) is 25.5. The molecule has 1 fully saturated rings. The van der Waals surface area contributed by atoms with Gasteiger partial charge >= 0.3 is 6.03 Å². The summed E-state index contributed by atoms with van der Waals surface area (Å²) in [5.41, 5.74) is 2.81. The lowest BCUT2D eigenvalue weighted by Crippen LogP contribution is -2.54. The number of imide groups is 2. The number of urea groups is 1. The first kappa shape index (κ1) is 24.6. The Hall–Kier alpha value is -3.48.